The number of hydrogen-bond donors (Lipinski definition) is 5. The van der Waals surface area contributed by atoms with E-state index in [0.717, 1.165) is 0 Å². The number of halogens is 1. The van der Waals surface area contributed by atoms with Crippen LogP contribution in [0.2, 0.25) is 0 Å². The van der Waals surface area contributed by atoms with Gasteiger partial charge in [0.25, 0.3) is 0 Å². The van der Waals surface area contributed by atoms with Crippen LogP contribution in [0.25, 0.3) is 22.2 Å². The molecule has 4 atom stereocenters. The van der Waals surface area contributed by atoms with Gasteiger partial charge in [0.15, 0.2) is 12.0 Å². The van der Waals surface area contributed by atoms with Gasteiger partial charge in [-0.2, -0.15) is 0 Å². The molecule has 2 aromatic heterocycles. The number of rotatable bonds is 4. The Kier molecular flexibility index (Phi) is 4.52. The van der Waals surface area contributed by atoms with Gasteiger partial charge in [0.2, 0.25) is 0 Å². The monoisotopic (exact) mass is 390 g/mol. The lowest BCUT2D eigenvalue weighted by Crippen LogP contribution is -2.44. The molecule has 0 spiro atoms. The summed E-state index contributed by atoms with van der Waals surface area (Å²) in [5.74, 6) is -0.291. The second kappa shape index (κ2) is 6.76. The zero-order valence-corrected chi connectivity index (χ0v) is 14.8. The smallest absolute Gasteiger partial charge is 0.167 e. The topological polar surface area (TPSA) is 133 Å². The number of ether oxygens (including phenoxy) is 1. The number of hydrogen-bond acceptors (Lipinski definition) is 8. The zero-order valence-electron chi connectivity index (χ0n) is 14.8. The summed E-state index contributed by atoms with van der Waals surface area (Å²) in [6.07, 6.45) is -0.553. The van der Waals surface area contributed by atoms with Crippen LogP contribution in [0.4, 0.5) is 10.2 Å². The summed E-state index contributed by atoms with van der Waals surface area (Å²) in [6.45, 7) is 0.921. The number of aromatic nitrogens is 3. The molecule has 28 heavy (non-hydrogen) atoms. The second-order valence-corrected chi connectivity index (χ2v) is 6.87. The van der Waals surface area contributed by atoms with Crippen LogP contribution in [0.5, 0.6) is 0 Å². The Hall–Kier alpha value is -2.63. The third-order valence-corrected chi connectivity index (χ3v) is 5.06. The molecule has 1 aromatic carbocycles. The SMILES string of the molecule is C[C@@]1(O)C(O)C(CO)OC1n1cc(-c2ccc(F)cc2)c2c(NO)ncnc21. The molecule has 148 valence electrons. The maximum Gasteiger partial charge on any atom is 0.167 e. The van der Waals surface area contributed by atoms with Crippen LogP contribution >= 0.6 is 0 Å². The quantitative estimate of drug-likeness (QED) is 0.418. The lowest BCUT2D eigenvalue weighted by atomic mass is 9.96. The number of aliphatic hydroxyl groups is 3. The molecule has 0 bridgehead atoms. The Balaban J connectivity index is 1.95. The van der Waals surface area contributed by atoms with Crippen molar-refractivity contribution in [2.45, 2.75) is 31.0 Å². The van der Waals surface area contributed by atoms with E-state index >= 15 is 0 Å². The minimum atomic E-state index is -1.73. The molecule has 0 saturated carbocycles. The van der Waals surface area contributed by atoms with Crippen molar-refractivity contribution in [1.29, 1.82) is 0 Å². The Morgan fingerprint density at radius 1 is 1.29 bits per heavy atom. The van der Waals surface area contributed by atoms with Crippen molar-refractivity contribution in [2.75, 3.05) is 12.1 Å². The first-order chi connectivity index (χ1) is 13.4. The minimum Gasteiger partial charge on any atom is -0.394 e. The average Bonchev–Trinajstić information content (AvgIpc) is 3.18. The van der Waals surface area contributed by atoms with Gasteiger partial charge in [-0.25, -0.2) is 14.4 Å². The fourth-order valence-electron chi connectivity index (χ4n) is 3.59. The number of nitrogens with one attached hydrogen (secondary N) is 1. The van der Waals surface area contributed by atoms with Crippen LogP contribution in [0, 0.1) is 5.82 Å². The molecule has 1 fully saturated rings. The molecule has 3 unspecified atom stereocenters. The van der Waals surface area contributed by atoms with Gasteiger partial charge in [-0.1, -0.05) is 12.1 Å². The van der Waals surface area contributed by atoms with Crippen LogP contribution in [-0.2, 0) is 4.74 Å². The number of fused-ring (bicyclic) bond motifs is 1. The van der Waals surface area contributed by atoms with Gasteiger partial charge in [-0.05, 0) is 24.6 Å². The molecule has 10 heteroatoms. The van der Waals surface area contributed by atoms with E-state index in [2.05, 4.69) is 9.97 Å². The van der Waals surface area contributed by atoms with Crippen LogP contribution in [-0.4, -0.2) is 59.5 Å². The fourth-order valence-corrected chi connectivity index (χ4v) is 3.59. The van der Waals surface area contributed by atoms with Crippen molar-refractivity contribution in [3.63, 3.8) is 0 Å². The van der Waals surface area contributed by atoms with E-state index in [1.807, 2.05) is 5.48 Å². The Bertz CT molecular complexity index is 1010. The minimum absolute atomic E-state index is 0.111. The van der Waals surface area contributed by atoms with Gasteiger partial charge in [-0.3, -0.25) is 10.7 Å². The van der Waals surface area contributed by atoms with Crippen molar-refractivity contribution in [3.05, 3.63) is 42.6 Å². The van der Waals surface area contributed by atoms with Crippen molar-refractivity contribution < 1.29 is 29.7 Å². The first kappa shape index (κ1) is 18.7. The number of nitrogens with zero attached hydrogens (tertiary/aromatic N) is 3. The number of anilines is 1. The van der Waals surface area contributed by atoms with Gasteiger partial charge in [0.1, 0.15) is 35.6 Å². The predicted octanol–water partition coefficient (Wildman–Crippen LogP) is 1.04. The molecule has 3 heterocycles. The highest BCUT2D eigenvalue weighted by Gasteiger charge is 2.53. The first-order valence-corrected chi connectivity index (χ1v) is 8.56. The maximum absolute atomic E-state index is 13.4. The molecule has 1 saturated heterocycles. The summed E-state index contributed by atoms with van der Waals surface area (Å²) >= 11 is 0. The molecule has 5 N–H and O–H groups in total. The van der Waals surface area contributed by atoms with Gasteiger partial charge in [-0.15, -0.1) is 0 Å². The van der Waals surface area contributed by atoms with Crippen LogP contribution in [0.15, 0.2) is 36.8 Å². The third kappa shape index (κ3) is 2.74. The van der Waals surface area contributed by atoms with E-state index in [0.29, 0.717) is 22.2 Å². The summed E-state index contributed by atoms with van der Waals surface area (Å²) in [5, 5.41) is 40.4. The molecule has 1 aliphatic rings. The van der Waals surface area contributed by atoms with Gasteiger partial charge < -0.3 is 24.6 Å². The maximum atomic E-state index is 13.4. The first-order valence-electron chi connectivity index (χ1n) is 8.56. The van der Waals surface area contributed by atoms with Crippen molar-refractivity contribution in [1.82, 2.24) is 14.5 Å². The second-order valence-electron chi connectivity index (χ2n) is 6.87. The largest absolute Gasteiger partial charge is 0.394 e. The van der Waals surface area contributed by atoms with E-state index in [-0.39, 0.29) is 5.82 Å². The molecule has 0 aliphatic carbocycles. The average molecular weight is 390 g/mol. The Morgan fingerprint density at radius 3 is 2.61 bits per heavy atom. The van der Waals surface area contributed by atoms with E-state index in [1.54, 1.807) is 18.3 Å². The van der Waals surface area contributed by atoms with Crippen molar-refractivity contribution in [2.24, 2.45) is 0 Å². The highest BCUT2D eigenvalue weighted by atomic mass is 19.1. The normalized spacial score (nSPS) is 27.4. The lowest BCUT2D eigenvalue weighted by Gasteiger charge is -2.27. The zero-order chi connectivity index (χ0) is 20.1. The molecule has 1 aliphatic heterocycles. The van der Waals surface area contributed by atoms with Crippen LogP contribution < -0.4 is 5.48 Å². The van der Waals surface area contributed by atoms with Gasteiger partial charge in [0.05, 0.1) is 12.0 Å². The number of benzene rings is 1. The molecular weight excluding hydrogens is 371 g/mol. The Labute approximate surface area is 158 Å². The van der Waals surface area contributed by atoms with Crippen molar-refractivity contribution in [3.8, 4) is 11.1 Å². The molecule has 0 amide bonds. The van der Waals surface area contributed by atoms with Crippen LogP contribution in [0.1, 0.15) is 13.2 Å². The highest BCUT2D eigenvalue weighted by molar-refractivity contribution is 6.01. The van der Waals surface area contributed by atoms with E-state index < -0.39 is 36.5 Å². The van der Waals surface area contributed by atoms with E-state index in [9.17, 15) is 24.9 Å². The number of aliphatic hydroxyl groups excluding tert-OH is 2. The van der Waals surface area contributed by atoms with Gasteiger partial charge >= 0.3 is 0 Å². The Morgan fingerprint density at radius 2 is 2.00 bits per heavy atom. The summed E-state index contributed by atoms with van der Waals surface area (Å²) in [5.41, 5.74) is 1.76. The van der Waals surface area contributed by atoms with Gasteiger partial charge in [0, 0.05) is 11.8 Å². The predicted molar refractivity (Wildman–Crippen MR) is 96.0 cm³/mol. The van der Waals surface area contributed by atoms with E-state index in [1.165, 1.54) is 30.0 Å². The van der Waals surface area contributed by atoms with Crippen molar-refractivity contribution >= 4 is 16.9 Å². The van der Waals surface area contributed by atoms with Crippen LogP contribution in [0.3, 0.4) is 0 Å². The summed E-state index contributed by atoms with van der Waals surface area (Å²) in [7, 11) is 0. The van der Waals surface area contributed by atoms with E-state index in [4.69, 9.17) is 4.74 Å². The molecular formula is C18H19FN4O5. The standard InChI is InChI=1S/C18H19FN4O5/c1-18(26)14(25)12(7-24)28-17(18)23-6-11(9-2-4-10(19)5-3-9)13-15(22-27)20-8-21-16(13)23/h2-6,8,12,14,17,24-27H,7H2,1H3,(H,20,21,22)/t12?,14?,17?,18-/m1/s1. The molecule has 3 aromatic rings. The lowest BCUT2D eigenvalue weighted by molar-refractivity contribution is -0.0948. The molecule has 0 radical (unpaired) electrons. The fraction of sp³-hybridized carbons (Fsp3) is 0.333. The highest BCUT2D eigenvalue weighted by Crippen LogP contribution is 2.43. The molecule has 4 rings (SSSR count). The summed E-state index contributed by atoms with van der Waals surface area (Å²) in [6, 6.07) is 5.70. The third-order valence-electron chi connectivity index (χ3n) is 5.06. The summed E-state index contributed by atoms with van der Waals surface area (Å²) < 4.78 is 20.5. The molecule has 9 nitrogen and oxygen atoms in total. The summed E-state index contributed by atoms with van der Waals surface area (Å²) in [4.78, 5) is 8.23.